The summed E-state index contributed by atoms with van der Waals surface area (Å²) in [5, 5.41) is 5.17. The Bertz CT molecular complexity index is 736. The topological polar surface area (TPSA) is 58.2 Å². The highest BCUT2D eigenvalue weighted by Crippen LogP contribution is 2.33. The van der Waals surface area contributed by atoms with E-state index in [1.165, 1.54) is 24.5 Å². The van der Waals surface area contributed by atoms with Gasteiger partial charge in [0.25, 0.3) is 11.8 Å². The van der Waals surface area contributed by atoms with Crippen molar-refractivity contribution < 1.29 is 18.4 Å². The van der Waals surface area contributed by atoms with Crippen molar-refractivity contribution in [3.63, 3.8) is 0 Å². The van der Waals surface area contributed by atoms with Crippen molar-refractivity contribution in [3.8, 4) is 0 Å². The van der Waals surface area contributed by atoms with E-state index in [0.29, 0.717) is 11.1 Å². The van der Waals surface area contributed by atoms with Crippen LogP contribution in [-0.4, -0.2) is 18.9 Å². The zero-order valence-electron chi connectivity index (χ0n) is 12.2. The van der Waals surface area contributed by atoms with Gasteiger partial charge in [-0.3, -0.25) is 9.59 Å². The molecule has 1 aromatic heterocycles. The molecule has 0 saturated carbocycles. The molecule has 7 heteroatoms. The standard InChI is InChI=1S/C15H14F2N2O2S/c1-7-8(2)22-15(11(7)13(20)18-3)19-14(21)12-9(16)5-4-6-10(12)17/h4-6H,1-3H3,(H,18,20)(H,19,21). The fourth-order valence-electron chi connectivity index (χ4n) is 1.99. The first-order valence-corrected chi connectivity index (χ1v) is 7.25. The van der Waals surface area contributed by atoms with Gasteiger partial charge in [-0.05, 0) is 31.5 Å². The molecule has 2 N–H and O–H groups in total. The second-order valence-corrected chi connectivity index (χ2v) is 5.84. The predicted octanol–water partition coefficient (Wildman–Crippen LogP) is 3.26. The fourth-order valence-corrected chi connectivity index (χ4v) is 3.05. The van der Waals surface area contributed by atoms with Gasteiger partial charge in [-0.15, -0.1) is 11.3 Å². The molecule has 2 amide bonds. The lowest BCUT2D eigenvalue weighted by atomic mass is 10.1. The number of carbonyl (C=O) groups excluding carboxylic acids is 2. The zero-order valence-corrected chi connectivity index (χ0v) is 13.0. The number of amides is 2. The molecule has 116 valence electrons. The number of hydrogen-bond donors (Lipinski definition) is 2. The second kappa shape index (κ2) is 6.23. The van der Waals surface area contributed by atoms with Gasteiger partial charge < -0.3 is 10.6 Å². The number of halogens is 2. The van der Waals surface area contributed by atoms with Gasteiger partial charge in [0, 0.05) is 11.9 Å². The van der Waals surface area contributed by atoms with E-state index in [1.807, 2.05) is 0 Å². The first-order chi connectivity index (χ1) is 10.4. The molecule has 2 aromatic rings. The van der Waals surface area contributed by atoms with Crippen molar-refractivity contribution in [1.29, 1.82) is 0 Å². The van der Waals surface area contributed by atoms with Crippen LogP contribution in [-0.2, 0) is 0 Å². The first-order valence-electron chi connectivity index (χ1n) is 6.44. The first kappa shape index (κ1) is 16.1. The Labute approximate surface area is 130 Å². The molecule has 0 aliphatic carbocycles. The Hall–Kier alpha value is -2.28. The summed E-state index contributed by atoms with van der Waals surface area (Å²) in [7, 11) is 1.47. The van der Waals surface area contributed by atoms with Crippen LogP contribution < -0.4 is 10.6 Å². The fraction of sp³-hybridized carbons (Fsp3) is 0.200. The number of rotatable bonds is 3. The van der Waals surface area contributed by atoms with Gasteiger partial charge >= 0.3 is 0 Å². The molecule has 0 aliphatic heterocycles. The molecule has 1 heterocycles. The van der Waals surface area contributed by atoms with Crippen LogP contribution in [0.2, 0.25) is 0 Å². The maximum atomic E-state index is 13.6. The number of hydrogen-bond acceptors (Lipinski definition) is 3. The summed E-state index contributed by atoms with van der Waals surface area (Å²) >= 11 is 1.18. The summed E-state index contributed by atoms with van der Waals surface area (Å²) in [5.41, 5.74) is 0.345. The Morgan fingerprint density at radius 1 is 1.05 bits per heavy atom. The summed E-state index contributed by atoms with van der Waals surface area (Å²) in [6.07, 6.45) is 0. The van der Waals surface area contributed by atoms with Crippen LogP contribution in [0, 0.1) is 25.5 Å². The summed E-state index contributed by atoms with van der Waals surface area (Å²) < 4.78 is 27.3. The van der Waals surface area contributed by atoms with Crippen LogP contribution in [0.5, 0.6) is 0 Å². The van der Waals surface area contributed by atoms with Crippen molar-refractivity contribution in [1.82, 2.24) is 5.32 Å². The molecule has 0 radical (unpaired) electrons. The van der Waals surface area contributed by atoms with Crippen LogP contribution in [0.15, 0.2) is 18.2 Å². The Kier molecular flexibility index (Phi) is 4.56. The summed E-state index contributed by atoms with van der Waals surface area (Å²) in [5.74, 6) is -3.21. The highest BCUT2D eigenvalue weighted by Gasteiger charge is 2.23. The van der Waals surface area contributed by atoms with Crippen molar-refractivity contribution in [2.45, 2.75) is 13.8 Å². The van der Waals surface area contributed by atoms with Gasteiger partial charge in [-0.1, -0.05) is 6.07 Å². The third-order valence-corrected chi connectivity index (χ3v) is 4.38. The number of aryl methyl sites for hydroxylation is 1. The molecule has 4 nitrogen and oxygen atoms in total. The lowest BCUT2D eigenvalue weighted by Gasteiger charge is -2.08. The third-order valence-electron chi connectivity index (χ3n) is 3.26. The van der Waals surface area contributed by atoms with E-state index in [0.717, 1.165) is 17.0 Å². The van der Waals surface area contributed by atoms with E-state index in [2.05, 4.69) is 10.6 Å². The number of thiophene rings is 1. The van der Waals surface area contributed by atoms with Crippen molar-refractivity contribution in [3.05, 3.63) is 51.4 Å². The number of carbonyl (C=O) groups is 2. The predicted molar refractivity (Wildman–Crippen MR) is 81.5 cm³/mol. The number of benzene rings is 1. The molecular weight excluding hydrogens is 310 g/mol. The van der Waals surface area contributed by atoms with Crippen molar-refractivity contribution in [2.75, 3.05) is 12.4 Å². The minimum absolute atomic E-state index is 0.266. The number of nitrogens with one attached hydrogen (secondary N) is 2. The van der Waals surface area contributed by atoms with Gasteiger partial charge in [0.05, 0.1) is 5.56 Å². The molecule has 0 unspecified atom stereocenters. The van der Waals surface area contributed by atoms with Crippen molar-refractivity contribution in [2.24, 2.45) is 0 Å². The van der Waals surface area contributed by atoms with Crippen LogP contribution >= 0.6 is 11.3 Å². The molecule has 22 heavy (non-hydrogen) atoms. The molecule has 0 spiro atoms. The lowest BCUT2D eigenvalue weighted by molar-refractivity contribution is 0.0963. The maximum absolute atomic E-state index is 13.6. The molecule has 0 fully saturated rings. The summed E-state index contributed by atoms with van der Waals surface area (Å²) in [4.78, 5) is 24.9. The zero-order chi connectivity index (χ0) is 16.4. The van der Waals surface area contributed by atoms with Crippen LogP contribution in [0.4, 0.5) is 13.8 Å². The van der Waals surface area contributed by atoms with E-state index in [-0.39, 0.29) is 10.9 Å². The van der Waals surface area contributed by atoms with E-state index >= 15 is 0 Å². The largest absolute Gasteiger partial charge is 0.355 e. The van der Waals surface area contributed by atoms with E-state index in [4.69, 9.17) is 0 Å². The van der Waals surface area contributed by atoms with Crippen LogP contribution in [0.3, 0.4) is 0 Å². The second-order valence-electron chi connectivity index (χ2n) is 4.62. The van der Waals surface area contributed by atoms with Gasteiger partial charge in [-0.2, -0.15) is 0 Å². The van der Waals surface area contributed by atoms with E-state index < -0.39 is 23.1 Å². The van der Waals surface area contributed by atoms with Crippen molar-refractivity contribution >= 4 is 28.2 Å². The minimum Gasteiger partial charge on any atom is -0.355 e. The van der Waals surface area contributed by atoms with Crippen LogP contribution in [0.25, 0.3) is 0 Å². The minimum atomic E-state index is -0.955. The smallest absolute Gasteiger partial charge is 0.262 e. The highest BCUT2D eigenvalue weighted by molar-refractivity contribution is 7.16. The average molecular weight is 324 g/mol. The van der Waals surface area contributed by atoms with Gasteiger partial charge in [0.2, 0.25) is 0 Å². The summed E-state index contributed by atoms with van der Waals surface area (Å²) in [6, 6.07) is 3.18. The van der Waals surface area contributed by atoms with Gasteiger partial charge in [0.15, 0.2) is 0 Å². The quantitative estimate of drug-likeness (QED) is 0.910. The van der Waals surface area contributed by atoms with E-state index in [1.54, 1.807) is 13.8 Å². The van der Waals surface area contributed by atoms with Gasteiger partial charge in [0.1, 0.15) is 22.2 Å². The summed E-state index contributed by atoms with van der Waals surface area (Å²) in [6.45, 7) is 3.54. The Morgan fingerprint density at radius 2 is 1.64 bits per heavy atom. The monoisotopic (exact) mass is 324 g/mol. The lowest BCUT2D eigenvalue weighted by Crippen LogP contribution is -2.22. The molecule has 2 rings (SSSR count). The Balaban J connectivity index is 2.41. The van der Waals surface area contributed by atoms with Crippen LogP contribution in [0.1, 0.15) is 31.2 Å². The molecule has 0 bridgehead atoms. The Morgan fingerprint density at radius 3 is 2.18 bits per heavy atom. The molecular formula is C15H14F2N2O2S. The molecule has 0 aliphatic rings. The van der Waals surface area contributed by atoms with E-state index in [9.17, 15) is 18.4 Å². The molecule has 0 saturated heterocycles. The molecule has 1 aromatic carbocycles. The highest BCUT2D eigenvalue weighted by atomic mass is 32.1. The SMILES string of the molecule is CNC(=O)c1c(NC(=O)c2c(F)cccc2F)sc(C)c1C. The normalized spacial score (nSPS) is 10.4. The van der Waals surface area contributed by atoms with Gasteiger partial charge in [-0.25, -0.2) is 8.78 Å². The maximum Gasteiger partial charge on any atom is 0.262 e. The third kappa shape index (κ3) is 2.85. The molecule has 0 atom stereocenters. The average Bonchev–Trinajstić information content (AvgIpc) is 2.72. The number of anilines is 1.